The summed E-state index contributed by atoms with van der Waals surface area (Å²) in [6.45, 7) is 0.502. The molecule has 0 saturated heterocycles. The molecule has 1 atom stereocenters. The molecule has 3 aromatic heterocycles. The highest BCUT2D eigenvalue weighted by atomic mass is 32.2. The van der Waals surface area contributed by atoms with Crippen molar-refractivity contribution in [2.45, 2.75) is 12.5 Å². The van der Waals surface area contributed by atoms with E-state index in [9.17, 15) is 8.42 Å². The first kappa shape index (κ1) is 25.2. The second-order valence-corrected chi connectivity index (χ2v) is 10.7. The minimum atomic E-state index is -3.43. The number of anilines is 2. The van der Waals surface area contributed by atoms with Crippen molar-refractivity contribution in [1.29, 1.82) is 0 Å². The van der Waals surface area contributed by atoms with E-state index in [1.807, 2.05) is 42.5 Å². The molecule has 0 amide bonds. The summed E-state index contributed by atoms with van der Waals surface area (Å²) in [5.74, 6) is 1.15. The van der Waals surface area contributed by atoms with E-state index in [0.29, 0.717) is 35.1 Å². The number of aromatic nitrogens is 4. The Bertz CT molecular complexity index is 1660. The van der Waals surface area contributed by atoms with E-state index in [4.69, 9.17) is 15.7 Å². The molecule has 0 unspecified atom stereocenters. The van der Waals surface area contributed by atoms with E-state index in [2.05, 4.69) is 32.1 Å². The van der Waals surface area contributed by atoms with Gasteiger partial charge in [-0.15, -0.1) is 0 Å². The Labute approximate surface area is 221 Å². The van der Waals surface area contributed by atoms with E-state index in [0.717, 1.165) is 29.2 Å². The van der Waals surface area contributed by atoms with E-state index in [1.54, 1.807) is 36.8 Å². The Morgan fingerprint density at radius 2 is 1.68 bits per heavy atom. The number of hydrogen-bond donors (Lipinski definition) is 3. The molecule has 5 aromatic rings. The highest BCUT2D eigenvalue weighted by Gasteiger charge is 2.16. The summed E-state index contributed by atoms with van der Waals surface area (Å²) in [4.78, 5) is 18.4. The van der Waals surface area contributed by atoms with Crippen molar-refractivity contribution in [2.24, 2.45) is 5.73 Å². The predicted molar refractivity (Wildman–Crippen MR) is 151 cm³/mol. The van der Waals surface area contributed by atoms with Gasteiger partial charge in [-0.1, -0.05) is 42.5 Å². The van der Waals surface area contributed by atoms with Crippen LogP contribution in [0.2, 0.25) is 0 Å². The van der Waals surface area contributed by atoms with Crippen molar-refractivity contribution in [1.82, 2.24) is 19.9 Å². The summed E-state index contributed by atoms with van der Waals surface area (Å²) in [6, 6.07) is 22.6. The molecule has 0 radical (unpaired) electrons. The first-order valence-electron chi connectivity index (χ1n) is 12.0. The Hall–Kier alpha value is -4.41. The van der Waals surface area contributed by atoms with Gasteiger partial charge in [0.1, 0.15) is 11.3 Å². The zero-order valence-corrected chi connectivity index (χ0v) is 21.6. The lowest BCUT2D eigenvalue weighted by atomic mass is 10.1. The van der Waals surface area contributed by atoms with Gasteiger partial charge >= 0.3 is 0 Å². The van der Waals surface area contributed by atoms with Gasteiger partial charge in [-0.2, -0.15) is 0 Å². The molecular weight excluding hydrogens is 498 g/mol. The summed E-state index contributed by atoms with van der Waals surface area (Å²) >= 11 is 0. The van der Waals surface area contributed by atoms with Crippen molar-refractivity contribution in [2.75, 3.05) is 22.8 Å². The molecule has 0 spiro atoms. The second kappa shape index (κ2) is 10.9. The largest absolute Gasteiger partial charge is 0.368 e. The van der Waals surface area contributed by atoms with Crippen LogP contribution in [0.15, 0.2) is 91.4 Å². The van der Waals surface area contributed by atoms with Crippen molar-refractivity contribution in [3.8, 4) is 22.6 Å². The standard InChI is InChI=1S/C28H27N7O2S/c1-38(36,37)35-23-9-5-8-21(17-23)25-26-24(12-15-31-25)28(34-27(33-26)20-10-13-30-14-11-20)32-18-22(29)16-19-6-3-2-4-7-19/h2-15,17,22,35H,16,18,29H2,1H3,(H,32,33,34)/t22-/m1/s1. The van der Waals surface area contributed by atoms with Gasteiger partial charge in [-0.25, -0.2) is 18.4 Å². The average Bonchev–Trinajstić information content (AvgIpc) is 2.91. The molecule has 38 heavy (non-hydrogen) atoms. The lowest BCUT2D eigenvalue weighted by Gasteiger charge is -2.16. The van der Waals surface area contributed by atoms with Gasteiger partial charge in [0, 0.05) is 53.4 Å². The number of benzene rings is 2. The van der Waals surface area contributed by atoms with Crippen LogP contribution in [0, 0.1) is 0 Å². The Balaban J connectivity index is 1.55. The van der Waals surface area contributed by atoms with Crippen molar-refractivity contribution in [3.05, 3.63) is 97.0 Å². The Morgan fingerprint density at radius 1 is 0.895 bits per heavy atom. The molecule has 0 aliphatic carbocycles. The molecule has 2 aromatic carbocycles. The number of pyridine rings is 2. The maximum Gasteiger partial charge on any atom is 0.229 e. The van der Waals surface area contributed by atoms with Gasteiger partial charge < -0.3 is 11.1 Å². The van der Waals surface area contributed by atoms with Crippen LogP contribution >= 0.6 is 0 Å². The molecule has 0 fully saturated rings. The summed E-state index contributed by atoms with van der Waals surface area (Å²) in [5.41, 5.74) is 10.8. The van der Waals surface area contributed by atoms with Gasteiger partial charge in [0.15, 0.2) is 5.82 Å². The predicted octanol–water partition coefficient (Wildman–Crippen LogP) is 4.11. The molecule has 4 N–H and O–H groups in total. The van der Waals surface area contributed by atoms with Crippen LogP contribution in [-0.4, -0.2) is 47.2 Å². The minimum absolute atomic E-state index is 0.133. The zero-order valence-electron chi connectivity index (χ0n) is 20.7. The fourth-order valence-corrected chi connectivity index (χ4v) is 4.75. The lowest BCUT2D eigenvalue weighted by Crippen LogP contribution is -2.31. The van der Waals surface area contributed by atoms with E-state index < -0.39 is 10.0 Å². The molecule has 0 aliphatic rings. The molecule has 10 heteroatoms. The van der Waals surface area contributed by atoms with Crippen LogP contribution in [0.5, 0.6) is 0 Å². The monoisotopic (exact) mass is 525 g/mol. The number of sulfonamides is 1. The molecule has 0 saturated carbocycles. The smallest absolute Gasteiger partial charge is 0.229 e. The van der Waals surface area contributed by atoms with Crippen LogP contribution in [0.1, 0.15) is 5.56 Å². The number of nitrogens with zero attached hydrogens (tertiary/aromatic N) is 4. The Kier molecular flexibility index (Phi) is 7.25. The SMILES string of the molecule is CS(=O)(=O)Nc1cccc(-c2nccc3c(NC[C@H](N)Cc4ccccc4)nc(-c4ccncc4)nc23)c1. The van der Waals surface area contributed by atoms with Crippen molar-refractivity contribution in [3.63, 3.8) is 0 Å². The van der Waals surface area contributed by atoms with Gasteiger partial charge in [0.05, 0.1) is 11.9 Å². The number of nitrogens with two attached hydrogens (primary N) is 1. The van der Waals surface area contributed by atoms with Crippen LogP contribution in [0.3, 0.4) is 0 Å². The van der Waals surface area contributed by atoms with Crippen LogP contribution < -0.4 is 15.8 Å². The van der Waals surface area contributed by atoms with Gasteiger partial charge in [-0.3, -0.25) is 14.7 Å². The maximum atomic E-state index is 11.8. The number of nitrogens with one attached hydrogen (secondary N) is 2. The highest BCUT2D eigenvalue weighted by molar-refractivity contribution is 7.92. The van der Waals surface area contributed by atoms with Crippen LogP contribution in [-0.2, 0) is 16.4 Å². The van der Waals surface area contributed by atoms with Crippen LogP contribution in [0.25, 0.3) is 33.5 Å². The lowest BCUT2D eigenvalue weighted by molar-refractivity contribution is 0.607. The van der Waals surface area contributed by atoms with Gasteiger partial charge in [-0.05, 0) is 42.3 Å². The molecule has 0 aliphatic heterocycles. The Morgan fingerprint density at radius 3 is 2.45 bits per heavy atom. The summed E-state index contributed by atoms with van der Waals surface area (Å²) in [7, 11) is -3.43. The van der Waals surface area contributed by atoms with Crippen molar-refractivity contribution < 1.29 is 8.42 Å². The van der Waals surface area contributed by atoms with Crippen LogP contribution in [0.4, 0.5) is 11.5 Å². The topological polar surface area (TPSA) is 136 Å². The number of hydrogen-bond acceptors (Lipinski definition) is 8. The van der Waals surface area contributed by atoms with E-state index >= 15 is 0 Å². The van der Waals surface area contributed by atoms with E-state index in [1.165, 1.54) is 5.56 Å². The summed E-state index contributed by atoms with van der Waals surface area (Å²) < 4.78 is 26.1. The fraction of sp³-hybridized carbons (Fsp3) is 0.143. The third-order valence-corrected chi connectivity index (χ3v) is 6.47. The average molecular weight is 526 g/mol. The molecule has 5 rings (SSSR count). The van der Waals surface area contributed by atoms with Crippen molar-refractivity contribution >= 4 is 32.4 Å². The molecular formula is C28H27N7O2S. The van der Waals surface area contributed by atoms with Gasteiger partial charge in [0.2, 0.25) is 10.0 Å². The first-order valence-corrected chi connectivity index (χ1v) is 13.9. The number of rotatable bonds is 9. The highest BCUT2D eigenvalue weighted by Crippen LogP contribution is 2.32. The first-order chi connectivity index (χ1) is 18.4. The minimum Gasteiger partial charge on any atom is -0.368 e. The summed E-state index contributed by atoms with van der Waals surface area (Å²) in [6.07, 6.45) is 6.91. The zero-order chi connectivity index (χ0) is 26.5. The molecule has 3 heterocycles. The maximum absolute atomic E-state index is 11.8. The third kappa shape index (κ3) is 6.10. The number of fused-ring (bicyclic) bond motifs is 1. The summed E-state index contributed by atoms with van der Waals surface area (Å²) in [5, 5.41) is 4.21. The fourth-order valence-electron chi connectivity index (χ4n) is 4.19. The normalized spacial score (nSPS) is 12.3. The molecule has 0 bridgehead atoms. The molecule has 192 valence electrons. The van der Waals surface area contributed by atoms with E-state index in [-0.39, 0.29) is 6.04 Å². The van der Waals surface area contributed by atoms with Gasteiger partial charge in [0.25, 0.3) is 0 Å². The third-order valence-electron chi connectivity index (χ3n) is 5.86. The quantitative estimate of drug-likeness (QED) is 0.262. The second-order valence-electron chi connectivity index (χ2n) is 8.97. The molecule has 9 nitrogen and oxygen atoms in total.